The van der Waals surface area contributed by atoms with Gasteiger partial charge in [0.2, 0.25) is 0 Å². The number of ether oxygens (including phenoxy) is 1. The zero-order chi connectivity index (χ0) is 18.4. The van der Waals surface area contributed by atoms with E-state index >= 15 is 0 Å². The minimum absolute atomic E-state index is 0.0233. The van der Waals surface area contributed by atoms with E-state index in [4.69, 9.17) is 4.74 Å². The first kappa shape index (κ1) is 19.9. The highest BCUT2D eigenvalue weighted by Gasteiger charge is 2.38. The summed E-state index contributed by atoms with van der Waals surface area (Å²) in [6, 6.07) is 0.368. The van der Waals surface area contributed by atoms with Crippen molar-refractivity contribution in [3.63, 3.8) is 0 Å². The highest BCUT2D eigenvalue weighted by Crippen LogP contribution is 2.33. The first-order chi connectivity index (χ1) is 12.6. The van der Waals surface area contributed by atoms with Gasteiger partial charge in [0.05, 0.1) is 13.2 Å². The van der Waals surface area contributed by atoms with Gasteiger partial charge in [-0.1, -0.05) is 19.3 Å². The van der Waals surface area contributed by atoms with Gasteiger partial charge in [-0.05, 0) is 26.9 Å². The summed E-state index contributed by atoms with van der Waals surface area (Å²) in [5, 5.41) is 6.29. The molecule has 1 aliphatic carbocycles. The molecule has 0 aromatic heterocycles. The van der Waals surface area contributed by atoms with Crippen molar-refractivity contribution < 1.29 is 9.53 Å². The number of hydrogen-bond acceptors (Lipinski definition) is 5. The highest BCUT2D eigenvalue weighted by atomic mass is 16.5. The molecule has 1 atom stereocenters. The van der Waals surface area contributed by atoms with Gasteiger partial charge in [-0.25, -0.2) is 4.79 Å². The molecule has 0 bridgehead atoms. The highest BCUT2D eigenvalue weighted by molar-refractivity contribution is 5.74. The molecule has 7 heteroatoms. The molecule has 2 saturated heterocycles. The van der Waals surface area contributed by atoms with Gasteiger partial charge < -0.3 is 20.3 Å². The van der Waals surface area contributed by atoms with E-state index in [1.165, 1.54) is 32.1 Å². The van der Waals surface area contributed by atoms with Crippen LogP contribution >= 0.6 is 0 Å². The molecule has 0 spiro atoms. The van der Waals surface area contributed by atoms with Crippen LogP contribution < -0.4 is 10.6 Å². The van der Waals surface area contributed by atoms with Gasteiger partial charge in [0.25, 0.3) is 0 Å². The predicted molar refractivity (Wildman–Crippen MR) is 104 cm³/mol. The Labute approximate surface area is 158 Å². The maximum absolute atomic E-state index is 12.4. The van der Waals surface area contributed by atoms with E-state index in [0.717, 1.165) is 52.5 Å². The fourth-order valence-corrected chi connectivity index (χ4v) is 4.69. The van der Waals surface area contributed by atoms with E-state index in [-0.39, 0.29) is 11.6 Å². The van der Waals surface area contributed by atoms with Crippen LogP contribution in [0.5, 0.6) is 0 Å². The SMILES string of the molecule is CN1CCN(C)C(CNC(=O)NCC2(N3CCOCC3)CCCCC2)C1. The van der Waals surface area contributed by atoms with Crippen LogP contribution in [0.4, 0.5) is 4.79 Å². The Balaban J connectivity index is 1.47. The van der Waals surface area contributed by atoms with Crippen molar-refractivity contribution in [1.82, 2.24) is 25.3 Å². The Morgan fingerprint density at radius 1 is 1.04 bits per heavy atom. The van der Waals surface area contributed by atoms with Crippen LogP contribution in [-0.2, 0) is 4.74 Å². The fourth-order valence-electron chi connectivity index (χ4n) is 4.69. The van der Waals surface area contributed by atoms with Crippen LogP contribution in [0.15, 0.2) is 0 Å². The van der Waals surface area contributed by atoms with Crippen LogP contribution in [0.3, 0.4) is 0 Å². The van der Waals surface area contributed by atoms with Gasteiger partial charge >= 0.3 is 6.03 Å². The molecular weight excluding hydrogens is 330 g/mol. The van der Waals surface area contributed by atoms with Gasteiger partial charge in [-0.3, -0.25) is 9.80 Å². The number of nitrogens with one attached hydrogen (secondary N) is 2. The molecule has 7 nitrogen and oxygen atoms in total. The van der Waals surface area contributed by atoms with Crippen LogP contribution in [0.1, 0.15) is 32.1 Å². The monoisotopic (exact) mass is 367 g/mol. The van der Waals surface area contributed by atoms with Crippen molar-refractivity contribution in [2.24, 2.45) is 0 Å². The lowest BCUT2D eigenvalue weighted by Crippen LogP contribution is -2.61. The number of carbonyl (C=O) groups excluding carboxylic acids is 1. The Kier molecular flexibility index (Phi) is 7.14. The summed E-state index contributed by atoms with van der Waals surface area (Å²) in [5.41, 5.74) is 0.126. The molecule has 3 fully saturated rings. The van der Waals surface area contributed by atoms with Gasteiger partial charge in [0.1, 0.15) is 0 Å². The number of nitrogens with zero attached hydrogens (tertiary/aromatic N) is 3. The zero-order valence-electron chi connectivity index (χ0n) is 16.6. The molecule has 26 heavy (non-hydrogen) atoms. The van der Waals surface area contributed by atoms with Crippen molar-refractivity contribution in [3.8, 4) is 0 Å². The third-order valence-electron chi connectivity index (χ3n) is 6.52. The van der Waals surface area contributed by atoms with Gasteiger partial charge in [0, 0.05) is 57.4 Å². The molecule has 0 aromatic rings. The first-order valence-corrected chi connectivity index (χ1v) is 10.3. The van der Waals surface area contributed by atoms with E-state index in [1.807, 2.05) is 0 Å². The van der Waals surface area contributed by atoms with Gasteiger partial charge in [-0.2, -0.15) is 0 Å². The smallest absolute Gasteiger partial charge is 0.314 e. The quantitative estimate of drug-likeness (QED) is 0.744. The summed E-state index contributed by atoms with van der Waals surface area (Å²) in [6.07, 6.45) is 6.21. The second-order valence-electron chi connectivity index (χ2n) is 8.34. The largest absolute Gasteiger partial charge is 0.379 e. The molecule has 0 radical (unpaired) electrons. The molecule has 1 unspecified atom stereocenters. The van der Waals surface area contributed by atoms with E-state index in [9.17, 15) is 4.79 Å². The molecular formula is C19H37N5O2. The van der Waals surface area contributed by atoms with Gasteiger partial charge in [-0.15, -0.1) is 0 Å². The lowest BCUT2D eigenvalue weighted by Gasteiger charge is -2.48. The van der Waals surface area contributed by atoms with Crippen molar-refractivity contribution in [2.45, 2.75) is 43.7 Å². The number of rotatable bonds is 5. The summed E-state index contributed by atoms with van der Waals surface area (Å²) in [5.74, 6) is 0. The van der Waals surface area contributed by atoms with Crippen molar-refractivity contribution in [1.29, 1.82) is 0 Å². The maximum Gasteiger partial charge on any atom is 0.314 e. The van der Waals surface area contributed by atoms with Crippen molar-refractivity contribution >= 4 is 6.03 Å². The third kappa shape index (κ3) is 5.09. The molecule has 2 N–H and O–H groups in total. The maximum atomic E-state index is 12.4. The molecule has 3 aliphatic rings. The standard InChI is InChI=1S/C19H37N5O2/c1-22-8-9-23(2)17(15-22)14-20-18(25)21-16-19(6-4-3-5-7-19)24-10-12-26-13-11-24/h17H,3-16H2,1-2H3,(H2,20,21,25). The summed E-state index contributed by atoms with van der Waals surface area (Å²) < 4.78 is 5.54. The Morgan fingerprint density at radius 3 is 2.50 bits per heavy atom. The molecule has 2 aliphatic heterocycles. The number of morpholine rings is 1. The average molecular weight is 368 g/mol. The number of piperazine rings is 1. The van der Waals surface area contributed by atoms with Crippen LogP contribution in [-0.4, -0.2) is 105 Å². The summed E-state index contributed by atoms with van der Waals surface area (Å²) >= 11 is 0. The topological polar surface area (TPSA) is 60.1 Å². The molecule has 150 valence electrons. The van der Waals surface area contributed by atoms with Crippen LogP contribution in [0.2, 0.25) is 0 Å². The van der Waals surface area contributed by atoms with Crippen molar-refractivity contribution in [3.05, 3.63) is 0 Å². The van der Waals surface area contributed by atoms with Crippen LogP contribution in [0.25, 0.3) is 0 Å². The lowest BCUT2D eigenvalue weighted by molar-refractivity contribution is -0.0357. The first-order valence-electron chi connectivity index (χ1n) is 10.3. The molecule has 0 aromatic carbocycles. The number of hydrogen-bond donors (Lipinski definition) is 2. The molecule has 1 saturated carbocycles. The second-order valence-corrected chi connectivity index (χ2v) is 8.34. The summed E-state index contributed by atoms with van der Waals surface area (Å²) in [7, 11) is 4.29. The zero-order valence-corrected chi connectivity index (χ0v) is 16.6. The lowest BCUT2D eigenvalue weighted by atomic mass is 9.80. The second kappa shape index (κ2) is 9.35. The Morgan fingerprint density at radius 2 is 1.77 bits per heavy atom. The van der Waals surface area contributed by atoms with E-state index in [0.29, 0.717) is 12.6 Å². The van der Waals surface area contributed by atoms with E-state index < -0.39 is 0 Å². The minimum atomic E-state index is -0.0233. The molecule has 2 heterocycles. The van der Waals surface area contributed by atoms with E-state index in [2.05, 4.69) is 39.4 Å². The normalized spacial score (nSPS) is 28.6. The number of likely N-dealkylation sites (N-methyl/N-ethyl adjacent to an activating group) is 2. The predicted octanol–water partition coefficient (Wildman–Crippen LogP) is 0.567. The average Bonchev–Trinajstić information content (AvgIpc) is 2.68. The number of urea groups is 1. The Bertz CT molecular complexity index is 449. The number of amides is 2. The van der Waals surface area contributed by atoms with Crippen molar-refractivity contribution in [2.75, 3.05) is 73.1 Å². The summed E-state index contributed by atoms with van der Waals surface area (Å²) in [6.45, 7) is 8.23. The minimum Gasteiger partial charge on any atom is -0.379 e. The van der Waals surface area contributed by atoms with E-state index in [1.54, 1.807) is 0 Å². The molecule has 2 amide bonds. The number of carbonyl (C=O) groups is 1. The summed E-state index contributed by atoms with van der Waals surface area (Å²) in [4.78, 5) is 19.7. The Hall–Kier alpha value is -0.890. The fraction of sp³-hybridized carbons (Fsp3) is 0.947. The van der Waals surface area contributed by atoms with Gasteiger partial charge in [0.15, 0.2) is 0 Å². The third-order valence-corrected chi connectivity index (χ3v) is 6.52. The molecule has 3 rings (SSSR count). The van der Waals surface area contributed by atoms with Crippen LogP contribution in [0, 0.1) is 0 Å².